The molecule has 0 saturated heterocycles. The van der Waals surface area contributed by atoms with Crippen LogP contribution in [-0.4, -0.2) is 35.6 Å². The van der Waals surface area contributed by atoms with Crippen molar-refractivity contribution in [3.63, 3.8) is 0 Å². The Hall–Kier alpha value is -1.52. The molecule has 0 unspecified atom stereocenters. The van der Waals surface area contributed by atoms with Crippen molar-refractivity contribution < 1.29 is 9.53 Å². The van der Waals surface area contributed by atoms with Crippen LogP contribution in [0.2, 0.25) is 0 Å². The molecule has 0 fully saturated rings. The summed E-state index contributed by atoms with van der Waals surface area (Å²) in [5.41, 5.74) is 0.363. The van der Waals surface area contributed by atoms with Gasteiger partial charge >= 0.3 is 6.09 Å². The third kappa shape index (κ3) is 3.27. The van der Waals surface area contributed by atoms with E-state index < -0.39 is 11.7 Å². The molecule has 0 saturated carbocycles. The van der Waals surface area contributed by atoms with Gasteiger partial charge in [-0.25, -0.2) is 4.79 Å². The zero-order valence-electron chi connectivity index (χ0n) is 9.81. The van der Waals surface area contributed by atoms with Crippen LogP contribution in [0.15, 0.2) is 12.4 Å². The van der Waals surface area contributed by atoms with Gasteiger partial charge in [0.05, 0.1) is 18.1 Å². The molecule has 1 rings (SSSR count). The van der Waals surface area contributed by atoms with Gasteiger partial charge in [-0.1, -0.05) is 0 Å². The molecule has 0 atom stereocenters. The Balaban J connectivity index is 2.75. The number of nitrogens with zero attached hydrogens (tertiary/aromatic N) is 3. The fourth-order valence-electron chi connectivity index (χ4n) is 0.953. The minimum atomic E-state index is -0.499. The fourth-order valence-corrected chi connectivity index (χ4v) is 0.953. The molecule has 15 heavy (non-hydrogen) atoms. The van der Waals surface area contributed by atoms with Crippen LogP contribution in [0.3, 0.4) is 0 Å². The topological polar surface area (TPSA) is 47.4 Å². The van der Waals surface area contributed by atoms with Crippen molar-refractivity contribution in [2.75, 3.05) is 19.0 Å². The number of aromatic nitrogens is 2. The first kappa shape index (κ1) is 11.6. The summed E-state index contributed by atoms with van der Waals surface area (Å²) in [4.78, 5) is 13.4. The van der Waals surface area contributed by atoms with Crippen LogP contribution in [0.5, 0.6) is 0 Å². The van der Waals surface area contributed by atoms with Crippen molar-refractivity contribution in [1.82, 2.24) is 9.78 Å². The second kappa shape index (κ2) is 3.92. The maximum absolute atomic E-state index is 11.6. The average Bonchev–Trinajstić information content (AvgIpc) is 2.47. The molecular formula is C10H17N3O2. The number of carbonyl (C=O) groups is 1. The molecule has 1 aromatic heterocycles. The van der Waals surface area contributed by atoms with E-state index in [9.17, 15) is 4.79 Å². The van der Waals surface area contributed by atoms with Crippen molar-refractivity contribution in [3.05, 3.63) is 12.4 Å². The standard InChI is InChI=1S/C10H17N3O2/c1-10(2,3)15-9(14)13-7-8(6-11-13)12(4)5/h6-7H,1-5H3. The van der Waals surface area contributed by atoms with Gasteiger partial charge in [0.15, 0.2) is 0 Å². The fraction of sp³-hybridized carbons (Fsp3) is 0.600. The second-order valence-corrected chi connectivity index (χ2v) is 4.52. The van der Waals surface area contributed by atoms with Gasteiger partial charge in [0, 0.05) is 14.1 Å². The van der Waals surface area contributed by atoms with Crippen LogP contribution < -0.4 is 4.90 Å². The zero-order valence-corrected chi connectivity index (χ0v) is 9.81. The van der Waals surface area contributed by atoms with Gasteiger partial charge in [-0.3, -0.25) is 0 Å². The third-order valence-electron chi connectivity index (χ3n) is 1.67. The van der Waals surface area contributed by atoms with Crippen molar-refractivity contribution in [3.8, 4) is 0 Å². The van der Waals surface area contributed by atoms with E-state index in [1.807, 2.05) is 39.8 Å². The van der Waals surface area contributed by atoms with E-state index in [1.165, 1.54) is 4.68 Å². The highest BCUT2D eigenvalue weighted by Gasteiger charge is 2.18. The molecular weight excluding hydrogens is 194 g/mol. The monoisotopic (exact) mass is 211 g/mol. The molecule has 0 bridgehead atoms. The number of anilines is 1. The molecule has 1 heterocycles. The maximum Gasteiger partial charge on any atom is 0.435 e. The first-order chi connectivity index (χ1) is 6.79. The smallest absolute Gasteiger partial charge is 0.435 e. The van der Waals surface area contributed by atoms with Crippen LogP contribution in [0.4, 0.5) is 10.5 Å². The van der Waals surface area contributed by atoms with Crippen LogP contribution in [-0.2, 0) is 4.74 Å². The molecule has 0 aliphatic rings. The molecule has 0 aliphatic carbocycles. The Labute approximate surface area is 89.6 Å². The van der Waals surface area contributed by atoms with Gasteiger partial charge in [0.25, 0.3) is 0 Å². The normalized spacial score (nSPS) is 11.3. The number of ether oxygens (including phenoxy) is 1. The summed E-state index contributed by atoms with van der Waals surface area (Å²) in [5.74, 6) is 0. The average molecular weight is 211 g/mol. The minimum Gasteiger partial charge on any atom is -0.442 e. The summed E-state index contributed by atoms with van der Waals surface area (Å²) in [6.45, 7) is 5.46. The SMILES string of the molecule is CN(C)c1cnn(C(=O)OC(C)(C)C)c1. The summed E-state index contributed by atoms with van der Waals surface area (Å²) < 4.78 is 6.35. The molecule has 5 heteroatoms. The predicted molar refractivity (Wildman–Crippen MR) is 58.2 cm³/mol. The lowest BCUT2D eigenvalue weighted by molar-refractivity contribution is 0.0514. The van der Waals surface area contributed by atoms with Crippen molar-refractivity contribution in [2.45, 2.75) is 26.4 Å². The van der Waals surface area contributed by atoms with Gasteiger partial charge in [-0.2, -0.15) is 9.78 Å². The number of rotatable bonds is 1. The summed E-state index contributed by atoms with van der Waals surface area (Å²) in [6.07, 6.45) is 2.79. The van der Waals surface area contributed by atoms with Crippen molar-refractivity contribution in [2.24, 2.45) is 0 Å². The summed E-state index contributed by atoms with van der Waals surface area (Å²) >= 11 is 0. The first-order valence-electron chi connectivity index (χ1n) is 4.75. The van der Waals surface area contributed by atoms with E-state index in [0.29, 0.717) is 0 Å². The third-order valence-corrected chi connectivity index (χ3v) is 1.67. The molecule has 0 spiro atoms. The lowest BCUT2D eigenvalue weighted by Crippen LogP contribution is -2.27. The molecule has 5 nitrogen and oxygen atoms in total. The van der Waals surface area contributed by atoms with E-state index in [0.717, 1.165) is 5.69 Å². The molecule has 0 radical (unpaired) electrons. The Morgan fingerprint density at radius 2 is 2.07 bits per heavy atom. The lowest BCUT2D eigenvalue weighted by Gasteiger charge is -2.18. The highest BCUT2D eigenvalue weighted by atomic mass is 16.6. The van der Waals surface area contributed by atoms with Crippen LogP contribution in [0.1, 0.15) is 20.8 Å². The Morgan fingerprint density at radius 1 is 1.47 bits per heavy atom. The molecule has 84 valence electrons. The number of carbonyl (C=O) groups excluding carboxylic acids is 1. The highest BCUT2D eigenvalue weighted by Crippen LogP contribution is 2.12. The van der Waals surface area contributed by atoms with Crippen LogP contribution in [0, 0.1) is 0 Å². The van der Waals surface area contributed by atoms with Crippen LogP contribution >= 0.6 is 0 Å². The summed E-state index contributed by atoms with van der Waals surface area (Å²) in [5, 5.41) is 3.92. The van der Waals surface area contributed by atoms with E-state index in [2.05, 4.69) is 5.10 Å². The van der Waals surface area contributed by atoms with Crippen molar-refractivity contribution >= 4 is 11.8 Å². The second-order valence-electron chi connectivity index (χ2n) is 4.52. The minimum absolute atomic E-state index is 0.462. The Bertz CT molecular complexity index is 350. The van der Waals surface area contributed by atoms with Gasteiger partial charge in [0.2, 0.25) is 0 Å². The van der Waals surface area contributed by atoms with E-state index in [4.69, 9.17) is 4.74 Å². The Kier molecular flexibility index (Phi) is 3.02. The Morgan fingerprint density at radius 3 is 2.47 bits per heavy atom. The van der Waals surface area contributed by atoms with E-state index in [1.54, 1.807) is 12.4 Å². The van der Waals surface area contributed by atoms with Gasteiger partial charge in [-0.05, 0) is 20.8 Å². The number of hydrogen-bond acceptors (Lipinski definition) is 4. The maximum atomic E-state index is 11.6. The first-order valence-corrected chi connectivity index (χ1v) is 4.75. The van der Waals surface area contributed by atoms with E-state index in [-0.39, 0.29) is 0 Å². The highest BCUT2D eigenvalue weighted by molar-refractivity contribution is 5.70. The molecule has 0 aliphatic heterocycles. The quantitative estimate of drug-likeness (QED) is 0.709. The van der Waals surface area contributed by atoms with E-state index >= 15 is 0 Å². The molecule has 1 aromatic rings. The zero-order chi connectivity index (χ0) is 11.6. The van der Waals surface area contributed by atoms with Gasteiger partial charge < -0.3 is 9.64 Å². The van der Waals surface area contributed by atoms with Crippen molar-refractivity contribution in [1.29, 1.82) is 0 Å². The lowest BCUT2D eigenvalue weighted by atomic mass is 10.2. The van der Waals surface area contributed by atoms with Crippen LogP contribution in [0.25, 0.3) is 0 Å². The molecule has 0 aromatic carbocycles. The number of hydrogen-bond donors (Lipinski definition) is 0. The molecule has 0 N–H and O–H groups in total. The summed E-state index contributed by atoms with van der Waals surface area (Å²) in [7, 11) is 3.77. The molecule has 0 amide bonds. The predicted octanol–water partition coefficient (Wildman–Crippen LogP) is 1.73. The van der Waals surface area contributed by atoms with Gasteiger partial charge in [-0.15, -0.1) is 0 Å². The summed E-state index contributed by atoms with van der Waals surface area (Å²) in [6, 6.07) is 0. The largest absolute Gasteiger partial charge is 0.442 e. The van der Waals surface area contributed by atoms with Gasteiger partial charge in [0.1, 0.15) is 5.60 Å².